The van der Waals surface area contributed by atoms with Crippen molar-refractivity contribution in [2.24, 2.45) is 5.73 Å². The Hall–Kier alpha value is -1.59. The number of likely N-dealkylation sites (N-methyl/N-ethyl adjacent to an activating group) is 2. The molecular formula is C16H25N3O2. The maximum absolute atomic E-state index is 12.3. The maximum atomic E-state index is 12.3. The lowest BCUT2D eigenvalue weighted by molar-refractivity contribution is -0.131. The lowest BCUT2D eigenvalue weighted by atomic mass is 10.1. The minimum Gasteiger partial charge on any atom is -0.508 e. The topological polar surface area (TPSA) is 69.8 Å². The highest BCUT2D eigenvalue weighted by molar-refractivity contribution is 5.81. The first-order valence-corrected chi connectivity index (χ1v) is 7.46. The molecule has 0 spiro atoms. The van der Waals surface area contributed by atoms with E-state index in [0.29, 0.717) is 12.5 Å². The van der Waals surface area contributed by atoms with E-state index in [0.717, 1.165) is 25.1 Å². The number of phenols is 1. The van der Waals surface area contributed by atoms with Crippen LogP contribution < -0.4 is 5.73 Å². The number of phenolic OH excluding ortho intramolecular Hbond substituents is 1. The molecule has 2 rings (SSSR count). The lowest BCUT2D eigenvalue weighted by Crippen LogP contribution is -2.47. The molecule has 1 aromatic carbocycles. The van der Waals surface area contributed by atoms with E-state index >= 15 is 0 Å². The molecule has 0 aliphatic carbocycles. The standard InChI is InChI=1S/C16H25N3O2/c1-18-9-3-4-13(18)11-19(2)16(21)15(17)10-12-5-7-14(20)8-6-12/h5-8,13,15,20H,3-4,9-11,17H2,1-2H3/t13?,15-/m1/s1. The van der Waals surface area contributed by atoms with Gasteiger partial charge in [0.1, 0.15) is 5.75 Å². The number of nitrogens with two attached hydrogens (primary N) is 1. The Labute approximate surface area is 126 Å². The van der Waals surface area contributed by atoms with Gasteiger partial charge in [0.15, 0.2) is 0 Å². The summed E-state index contributed by atoms with van der Waals surface area (Å²) in [4.78, 5) is 16.4. The molecule has 21 heavy (non-hydrogen) atoms. The Kier molecular flexibility index (Phi) is 5.20. The van der Waals surface area contributed by atoms with Gasteiger partial charge in [-0.1, -0.05) is 12.1 Å². The van der Waals surface area contributed by atoms with E-state index in [-0.39, 0.29) is 11.7 Å². The van der Waals surface area contributed by atoms with E-state index in [1.807, 2.05) is 7.05 Å². The van der Waals surface area contributed by atoms with Gasteiger partial charge in [0, 0.05) is 19.6 Å². The monoisotopic (exact) mass is 291 g/mol. The number of hydrogen-bond acceptors (Lipinski definition) is 4. The molecule has 5 nitrogen and oxygen atoms in total. The summed E-state index contributed by atoms with van der Waals surface area (Å²) in [7, 11) is 3.93. The third-order valence-corrected chi connectivity index (χ3v) is 4.24. The van der Waals surface area contributed by atoms with Crippen molar-refractivity contribution in [1.82, 2.24) is 9.80 Å². The van der Waals surface area contributed by atoms with E-state index in [9.17, 15) is 9.90 Å². The van der Waals surface area contributed by atoms with Gasteiger partial charge in [0.05, 0.1) is 6.04 Å². The average molecular weight is 291 g/mol. The zero-order chi connectivity index (χ0) is 15.4. The predicted molar refractivity (Wildman–Crippen MR) is 83.1 cm³/mol. The van der Waals surface area contributed by atoms with Gasteiger partial charge >= 0.3 is 0 Å². The molecule has 1 unspecified atom stereocenters. The number of amides is 1. The van der Waals surface area contributed by atoms with Crippen LogP contribution >= 0.6 is 0 Å². The number of carbonyl (C=O) groups is 1. The first-order chi connectivity index (χ1) is 9.97. The molecule has 0 saturated carbocycles. The van der Waals surface area contributed by atoms with E-state index in [4.69, 9.17) is 5.73 Å². The Morgan fingerprint density at radius 1 is 1.48 bits per heavy atom. The van der Waals surface area contributed by atoms with Crippen LogP contribution in [0, 0.1) is 0 Å². The number of aromatic hydroxyl groups is 1. The van der Waals surface area contributed by atoms with Gasteiger partial charge in [-0.05, 0) is 50.6 Å². The molecule has 1 aliphatic rings. The highest BCUT2D eigenvalue weighted by Gasteiger charge is 2.26. The SMILES string of the molecule is CN(CC1CCCN1C)C(=O)[C@H](N)Cc1ccc(O)cc1. The van der Waals surface area contributed by atoms with E-state index in [1.54, 1.807) is 29.2 Å². The van der Waals surface area contributed by atoms with Crippen LogP contribution in [0.5, 0.6) is 5.75 Å². The van der Waals surface area contributed by atoms with E-state index < -0.39 is 6.04 Å². The molecule has 1 amide bonds. The summed E-state index contributed by atoms with van der Waals surface area (Å²) in [6, 6.07) is 6.74. The van der Waals surface area contributed by atoms with Crippen LogP contribution in [0.25, 0.3) is 0 Å². The van der Waals surface area contributed by atoms with E-state index in [1.165, 1.54) is 6.42 Å². The van der Waals surface area contributed by atoms with Gasteiger partial charge in [-0.25, -0.2) is 0 Å². The molecule has 0 radical (unpaired) electrons. The van der Waals surface area contributed by atoms with Gasteiger partial charge in [-0.2, -0.15) is 0 Å². The van der Waals surface area contributed by atoms with Gasteiger partial charge in [-0.3, -0.25) is 4.79 Å². The number of rotatable bonds is 5. The molecule has 3 N–H and O–H groups in total. The van der Waals surface area contributed by atoms with Crippen molar-refractivity contribution in [3.05, 3.63) is 29.8 Å². The normalized spacial score (nSPS) is 20.4. The van der Waals surface area contributed by atoms with Crippen molar-refractivity contribution < 1.29 is 9.90 Å². The fraction of sp³-hybridized carbons (Fsp3) is 0.562. The Bertz CT molecular complexity index is 475. The largest absolute Gasteiger partial charge is 0.508 e. The van der Waals surface area contributed by atoms with E-state index in [2.05, 4.69) is 11.9 Å². The van der Waals surface area contributed by atoms with Crippen LogP contribution in [-0.2, 0) is 11.2 Å². The van der Waals surface area contributed by atoms with Crippen molar-refractivity contribution in [2.75, 3.05) is 27.2 Å². The van der Waals surface area contributed by atoms with Crippen LogP contribution in [0.4, 0.5) is 0 Å². The molecule has 0 aromatic heterocycles. The first-order valence-electron chi connectivity index (χ1n) is 7.46. The minimum atomic E-state index is -0.536. The Morgan fingerprint density at radius 2 is 2.14 bits per heavy atom. The lowest BCUT2D eigenvalue weighted by Gasteiger charge is -2.27. The summed E-state index contributed by atoms with van der Waals surface area (Å²) in [5.74, 6) is 0.198. The summed E-state index contributed by atoms with van der Waals surface area (Å²) in [5.41, 5.74) is 6.99. The summed E-state index contributed by atoms with van der Waals surface area (Å²) >= 11 is 0. The molecule has 1 aliphatic heterocycles. The fourth-order valence-electron chi connectivity index (χ4n) is 2.87. The van der Waals surface area contributed by atoms with Crippen molar-refractivity contribution in [3.63, 3.8) is 0 Å². The molecule has 5 heteroatoms. The van der Waals surface area contributed by atoms with Crippen molar-refractivity contribution in [3.8, 4) is 5.75 Å². The number of carbonyl (C=O) groups excluding carboxylic acids is 1. The van der Waals surface area contributed by atoms with Gasteiger partial charge in [-0.15, -0.1) is 0 Å². The highest BCUT2D eigenvalue weighted by Crippen LogP contribution is 2.16. The molecule has 1 saturated heterocycles. The van der Waals surface area contributed by atoms with Crippen LogP contribution in [-0.4, -0.2) is 60.1 Å². The Morgan fingerprint density at radius 3 is 2.71 bits per heavy atom. The first kappa shape index (κ1) is 15.8. The van der Waals surface area contributed by atoms with Crippen molar-refractivity contribution >= 4 is 5.91 Å². The van der Waals surface area contributed by atoms with Crippen LogP contribution in [0.15, 0.2) is 24.3 Å². The molecule has 1 fully saturated rings. The maximum Gasteiger partial charge on any atom is 0.239 e. The van der Waals surface area contributed by atoms with Gasteiger partial charge in [0.2, 0.25) is 5.91 Å². The molecule has 116 valence electrons. The summed E-state index contributed by atoms with van der Waals surface area (Å²) in [6.07, 6.45) is 2.83. The number of benzene rings is 1. The molecule has 1 aromatic rings. The molecule has 2 atom stereocenters. The van der Waals surface area contributed by atoms with Gasteiger partial charge in [0.25, 0.3) is 0 Å². The minimum absolute atomic E-state index is 0.0247. The molecule has 0 bridgehead atoms. The third kappa shape index (κ3) is 4.19. The summed E-state index contributed by atoms with van der Waals surface area (Å²) in [5, 5.41) is 9.26. The zero-order valence-corrected chi connectivity index (χ0v) is 12.8. The predicted octanol–water partition coefficient (Wildman–Crippen LogP) is 0.815. The summed E-state index contributed by atoms with van der Waals surface area (Å²) < 4.78 is 0. The van der Waals surface area contributed by atoms with Crippen LogP contribution in [0.2, 0.25) is 0 Å². The quantitative estimate of drug-likeness (QED) is 0.842. The zero-order valence-electron chi connectivity index (χ0n) is 12.8. The van der Waals surface area contributed by atoms with Crippen molar-refractivity contribution in [1.29, 1.82) is 0 Å². The molecule has 1 heterocycles. The Balaban J connectivity index is 1.87. The smallest absolute Gasteiger partial charge is 0.239 e. The molecular weight excluding hydrogens is 266 g/mol. The van der Waals surface area contributed by atoms with Crippen LogP contribution in [0.1, 0.15) is 18.4 Å². The average Bonchev–Trinajstić information content (AvgIpc) is 2.86. The van der Waals surface area contributed by atoms with Crippen LogP contribution in [0.3, 0.4) is 0 Å². The second-order valence-electron chi connectivity index (χ2n) is 5.97. The second-order valence-corrected chi connectivity index (χ2v) is 5.97. The number of likely N-dealkylation sites (tertiary alicyclic amines) is 1. The number of nitrogens with zero attached hydrogens (tertiary/aromatic N) is 2. The highest BCUT2D eigenvalue weighted by atomic mass is 16.3. The number of hydrogen-bond donors (Lipinski definition) is 2. The summed E-state index contributed by atoms with van der Waals surface area (Å²) in [6.45, 7) is 1.84. The van der Waals surface area contributed by atoms with Crippen molar-refractivity contribution in [2.45, 2.75) is 31.3 Å². The third-order valence-electron chi connectivity index (χ3n) is 4.24. The van der Waals surface area contributed by atoms with Gasteiger partial charge < -0.3 is 20.6 Å². The fourth-order valence-corrected chi connectivity index (χ4v) is 2.87. The second kappa shape index (κ2) is 6.91.